The maximum atomic E-state index is 9.19. The molecule has 1 heterocycles. The van der Waals surface area contributed by atoms with E-state index in [1.165, 1.54) is 17.3 Å². The molecule has 0 unspecified atom stereocenters. The standard InChI is InChI=1S/C12H14N4O/c1-12(2,10-6-4-3-5-7-10)11(15-17)16-9-13-8-14-16/h3-9,17H,1-2H3/b15-11-. The molecule has 1 aromatic carbocycles. The third-order valence-electron chi connectivity index (χ3n) is 2.78. The average molecular weight is 230 g/mol. The van der Waals surface area contributed by atoms with Crippen molar-refractivity contribution in [3.63, 3.8) is 0 Å². The molecule has 0 bridgehead atoms. The molecule has 1 aromatic heterocycles. The highest BCUT2D eigenvalue weighted by Crippen LogP contribution is 2.25. The number of hydrogen-bond acceptors (Lipinski definition) is 4. The molecular weight excluding hydrogens is 216 g/mol. The van der Waals surface area contributed by atoms with E-state index in [1.54, 1.807) is 0 Å². The molecule has 0 aliphatic carbocycles. The van der Waals surface area contributed by atoms with Crippen LogP contribution in [0.15, 0.2) is 48.1 Å². The van der Waals surface area contributed by atoms with Gasteiger partial charge in [0.2, 0.25) is 0 Å². The molecule has 5 nitrogen and oxygen atoms in total. The van der Waals surface area contributed by atoms with E-state index >= 15 is 0 Å². The van der Waals surface area contributed by atoms with Crippen molar-refractivity contribution in [1.82, 2.24) is 14.8 Å². The van der Waals surface area contributed by atoms with Crippen LogP contribution in [0.25, 0.3) is 0 Å². The minimum Gasteiger partial charge on any atom is -0.409 e. The summed E-state index contributed by atoms with van der Waals surface area (Å²) in [5.74, 6) is 0.432. The van der Waals surface area contributed by atoms with E-state index in [-0.39, 0.29) is 0 Å². The third kappa shape index (κ3) is 2.04. The van der Waals surface area contributed by atoms with Gasteiger partial charge in [0.1, 0.15) is 12.7 Å². The van der Waals surface area contributed by atoms with Crippen molar-refractivity contribution in [3.8, 4) is 0 Å². The van der Waals surface area contributed by atoms with Crippen molar-refractivity contribution in [2.24, 2.45) is 5.16 Å². The lowest BCUT2D eigenvalue weighted by atomic mass is 9.83. The van der Waals surface area contributed by atoms with E-state index in [2.05, 4.69) is 15.2 Å². The fourth-order valence-corrected chi connectivity index (χ4v) is 1.76. The first kappa shape index (κ1) is 11.3. The second-order valence-electron chi connectivity index (χ2n) is 4.25. The Morgan fingerprint density at radius 1 is 1.29 bits per heavy atom. The van der Waals surface area contributed by atoms with Crippen LogP contribution in [0.4, 0.5) is 0 Å². The maximum Gasteiger partial charge on any atom is 0.180 e. The van der Waals surface area contributed by atoms with Crippen LogP contribution in [0, 0.1) is 0 Å². The van der Waals surface area contributed by atoms with Gasteiger partial charge in [-0.05, 0) is 19.4 Å². The number of aromatic nitrogens is 3. The van der Waals surface area contributed by atoms with E-state index in [0.717, 1.165) is 5.56 Å². The fraction of sp³-hybridized carbons (Fsp3) is 0.250. The first-order chi connectivity index (χ1) is 8.16. The number of benzene rings is 1. The van der Waals surface area contributed by atoms with Gasteiger partial charge in [0.25, 0.3) is 0 Å². The van der Waals surface area contributed by atoms with Crippen LogP contribution < -0.4 is 0 Å². The summed E-state index contributed by atoms with van der Waals surface area (Å²) in [6.07, 6.45) is 2.92. The fourth-order valence-electron chi connectivity index (χ4n) is 1.76. The number of nitrogens with zero attached hydrogens (tertiary/aromatic N) is 4. The Morgan fingerprint density at radius 2 is 2.00 bits per heavy atom. The van der Waals surface area contributed by atoms with E-state index in [4.69, 9.17) is 0 Å². The van der Waals surface area contributed by atoms with Gasteiger partial charge in [0, 0.05) is 0 Å². The van der Waals surface area contributed by atoms with Crippen LogP contribution in [0.2, 0.25) is 0 Å². The molecule has 0 saturated heterocycles. The molecule has 0 aliphatic heterocycles. The predicted molar refractivity (Wildman–Crippen MR) is 64.1 cm³/mol. The lowest BCUT2D eigenvalue weighted by Gasteiger charge is -2.25. The molecule has 88 valence electrons. The molecule has 5 heteroatoms. The van der Waals surface area contributed by atoms with E-state index in [1.807, 2.05) is 44.2 Å². The predicted octanol–water partition coefficient (Wildman–Crippen LogP) is 1.89. The summed E-state index contributed by atoms with van der Waals surface area (Å²) in [5.41, 5.74) is 0.590. The monoisotopic (exact) mass is 230 g/mol. The molecule has 0 fully saturated rings. The highest BCUT2D eigenvalue weighted by Gasteiger charge is 2.30. The van der Waals surface area contributed by atoms with Crippen LogP contribution in [-0.4, -0.2) is 25.8 Å². The molecule has 0 saturated carbocycles. The van der Waals surface area contributed by atoms with Crippen molar-refractivity contribution < 1.29 is 5.21 Å². The zero-order valence-electron chi connectivity index (χ0n) is 9.78. The first-order valence-corrected chi connectivity index (χ1v) is 5.29. The van der Waals surface area contributed by atoms with Crippen LogP contribution >= 0.6 is 0 Å². The molecule has 0 atom stereocenters. The Hall–Kier alpha value is -2.17. The average Bonchev–Trinajstić information content (AvgIpc) is 2.84. The van der Waals surface area contributed by atoms with Crippen LogP contribution in [0.3, 0.4) is 0 Å². The highest BCUT2D eigenvalue weighted by molar-refractivity contribution is 5.92. The summed E-state index contributed by atoms with van der Waals surface area (Å²) in [7, 11) is 0. The second-order valence-corrected chi connectivity index (χ2v) is 4.25. The van der Waals surface area contributed by atoms with Crippen molar-refractivity contribution >= 4 is 5.84 Å². The highest BCUT2D eigenvalue weighted by atomic mass is 16.4. The summed E-state index contributed by atoms with van der Waals surface area (Å²) in [5, 5.41) is 16.5. The molecule has 0 radical (unpaired) electrons. The van der Waals surface area contributed by atoms with Crippen LogP contribution in [0.5, 0.6) is 0 Å². The van der Waals surface area contributed by atoms with Gasteiger partial charge in [-0.1, -0.05) is 35.5 Å². The number of hydrogen-bond donors (Lipinski definition) is 1. The summed E-state index contributed by atoms with van der Waals surface area (Å²) < 4.78 is 1.47. The van der Waals surface area contributed by atoms with Crippen LogP contribution in [-0.2, 0) is 5.41 Å². The van der Waals surface area contributed by atoms with Gasteiger partial charge < -0.3 is 5.21 Å². The van der Waals surface area contributed by atoms with Gasteiger partial charge in [-0.25, -0.2) is 9.67 Å². The molecule has 2 aromatic rings. The van der Waals surface area contributed by atoms with Gasteiger partial charge in [-0.2, -0.15) is 5.10 Å². The lowest BCUT2D eigenvalue weighted by molar-refractivity contribution is 0.310. The normalized spacial score (nSPS) is 12.7. The first-order valence-electron chi connectivity index (χ1n) is 5.29. The molecular formula is C12H14N4O. The summed E-state index contributed by atoms with van der Waals surface area (Å²) in [4.78, 5) is 3.86. The van der Waals surface area contributed by atoms with Crippen LogP contribution in [0.1, 0.15) is 19.4 Å². The Morgan fingerprint density at radius 3 is 2.53 bits per heavy atom. The molecule has 17 heavy (non-hydrogen) atoms. The quantitative estimate of drug-likeness (QED) is 0.371. The topological polar surface area (TPSA) is 63.3 Å². The van der Waals surface area contributed by atoms with E-state index < -0.39 is 5.41 Å². The Kier molecular flexibility index (Phi) is 2.91. The zero-order valence-corrected chi connectivity index (χ0v) is 9.78. The minimum atomic E-state index is -0.455. The zero-order chi connectivity index (χ0) is 12.3. The number of rotatable bonds is 2. The number of oxime groups is 1. The SMILES string of the molecule is CC(C)(/C(=N/O)n1cncn1)c1ccccc1. The van der Waals surface area contributed by atoms with Gasteiger partial charge >= 0.3 is 0 Å². The summed E-state index contributed by atoms with van der Waals surface area (Å²) >= 11 is 0. The van der Waals surface area contributed by atoms with Gasteiger partial charge in [0.05, 0.1) is 5.41 Å². The van der Waals surface area contributed by atoms with E-state index in [0.29, 0.717) is 5.84 Å². The lowest BCUT2D eigenvalue weighted by Crippen LogP contribution is -2.35. The molecule has 0 amide bonds. The van der Waals surface area contributed by atoms with Crippen molar-refractivity contribution in [2.45, 2.75) is 19.3 Å². The summed E-state index contributed by atoms with van der Waals surface area (Å²) in [6.45, 7) is 3.94. The minimum absolute atomic E-state index is 0.432. The molecule has 2 rings (SSSR count). The third-order valence-corrected chi connectivity index (χ3v) is 2.78. The van der Waals surface area contributed by atoms with Gasteiger partial charge in [-0.15, -0.1) is 0 Å². The van der Waals surface area contributed by atoms with Gasteiger partial charge in [-0.3, -0.25) is 0 Å². The maximum absolute atomic E-state index is 9.19. The largest absolute Gasteiger partial charge is 0.409 e. The molecule has 0 aliphatic rings. The van der Waals surface area contributed by atoms with Crippen molar-refractivity contribution in [3.05, 3.63) is 48.5 Å². The molecule has 0 spiro atoms. The second kappa shape index (κ2) is 4.37. The smallest absolute Gasteiger partial charge is 0.180 e. The van der Waals surface area contributed by atoms with E-state index in [9.17, 15) is 5.21 Å². The Balaban J connectivity index is 2.45. The van der Waals surface area contributed by atoms with Crippen molar-refractivity contribution in [2.75, 3.05) is 0 Å². The van der Waals surface area contributed by atoms with Crippen molar-refractivity contribution in [1.29, 1.82) is 0 Å². The Labute approximate surface area is 99.4 Å². The Bertz CT molecular complexity index is 503. The molecule has 1 N–H and O–H groups in total. The summed E-state index contributed by atoms with van der Waals surface area (Å²) in [6, 6.07) is 9.83. The van der Waals surface area contributed by atoms with Gasteiger partial charge in [0.15, 0.2) is 5.84 Å².